The van der Waals surface area contributed by atoms with E-state index in [1.54, 1.807) is 6.20 Å². The number of hydrogen-bond acceptors (Lipinski definition) is 3. The lowest BCUT2D eigenvalue weighted by Gasteiger charge is -2.27. The Morgan fingerprint density at radius 2 is 1.76 bits per heavy atom. The Hall–Kier alpha value is -3.21. The van der Waals surface area contributed by atoms with Gasteiger partial charge in [0, 0.05) is 36.5 Å². The number of halogens is 1. The van der Waals surface area contributed by atoms with Crippen molar-refractivity contribution in [3.8, 4) is 11.3 Å². The molecule has 2 N–H and O–H groups in total. The van der Waals surface area contributed by atoms with Crippen LogP contribution in [0.4, 0.5) is 0 Å². The van der Waals surface area contributed by atoms with Crippen LogP contribution in [0.25, 0.3) is 22.0 Å². The van der Waals surface area contributed by atoms with Gasteiger partial charge in [0.2, 0.25) is 0 Å². The minimum absolute atomic E-state index is 0. The molecule has 4 nitrogen and oxygen atoms in total. The molecule has 5 rings (SSSR count). The highest BCUT2D eigenvalue weighted by Gasteiger charge is 2.19. The van der Waals surface area contributed by atoms with Crippen LogP contribution in [0, 0.1) is 0 Å². The third-order valence-electron chi connectivity index (χ3n) is 6.54. The number of amides is 1. The maximum absolute atomic E-state index is 12.5. The number of unbranched alkanes of at least 4 members (excludes halogenated alkanes) is 1. The fraction of sp³-hybridized carbons (Fsp3) is 0.241. The molecule has 1 amide bonds. The number of nitrogens with one attached hydrogen (secondary N) is 2. The topological polar surface area (TPSA) is 54.0 Å². The smallest absolute Gasteiger partial charge is 0.251 e. The van der Waals surface area contributed by atoms with Crippen LogP contribution in [0.3, 0.4) is 0 Å². The molecule has 0 radical (unpaired) electrons. The molecule has 1 aliphatic rings. The molecule has 174 valence electrons. The van der Waals surface area contributed by atoms with E-state index in [-0.39, 0.29) is 18.3 Å². The second-order valence-electron chi connectivity index (χ2n) is 8.75. The minimum Gasteiger partial charge on any atom is -0.352 e. The van der Waals surface area contributed by atoms with E-state index in [2.05, 4.69) is 52.0 Å². The van der Waals surface area contributed by atoms with Gasteiger partial charge in [-0.1, -0.05) is 61.0 Å². The lowest BCUT2D eigenvalue weighted by molar-refractivity contribution is 0.0953. The number of hydrogen-bond donors (Lipinski definition) is 2. The number of aromatic nitrogens is 1. The van der Waals surface area contributed by atoms with Gasteiger partial charge in [0.1, 0.15) is 0 Å². The van der Waals surface area contributed by atoms with Crippen molar-refractivity contribution in [1.82, 2.24) is 15.6 Å². The molecule has 4 aromatic rings. The summed E-state index contributed by atoms with van der Waals surface area (Å²) in [4.78, 5) is 16.8. The Morgan fingerprint density at radius 1 is 0.941 bits per heavy atom. The van der Waals surface area contributed by atoms with E-state index < -0.39 is 0 Å². The zero-order valence-corrected chi connectivity index (χ0v) is 20.0. The van der Waals surface area contributed by atoms with Crippen LogP contribution >= 0.6 is 12.4 Å². The lowest BCUT2D eigenvalue weighted by Crippen LogP contribution is -2.35. The first kappa shape index (κ1) is 23.9. The monoisotopic (exact) mass is 471 g/mol. The molecule has 1 aliphatic heterocycles. The second kappa shape index (κ2) is 11.3. The van der Waals surface area contributed by atoms with Gasteiger partial charge in [-0.25, -0.2) is 0 Å². The number of pyridine rings is 1. The molecule has 1 atom stereocenters. The van der Waals surface area contributed by atoms with Crippen molar-refractivity contribution in [1.29, 1.82) is 0 Å². The zero-order valence-electron chi connectivity index (χ0n) is 19.2. The molecular formula is C29H30ClN3O. The van der Waals surface area contributed by atoms with E-state index in [9.17, 15) is 4.79 Å². The molecule has 5 heteroatoms. The largest absolute Gasteiger partial charge is 0.352 e. The van der Waals surface area contributed by atoms with Crippen molar-refractivity contribution in [2.45, 2.75) is 38.3 Å². The second-order valence-corrected chi connectivity index (χ2v) is 8.75. The first-order valence-corrected chi connectivity index (χ1v) is 11.8. The van der Waals surface area contributed by atoms with Gasteiger partial charge >= 0.3 is 0 Å². The molecule has 1 unspecified atom stereocenters. The Morgan fingerprint density at radius 3 is 2.59 bits per heavy atom. The van der Waals surface area contributed by atoms with Crippen LogP contribution in [-0.4, -0.2) is 23.5 Å². The van der Waals surface area contributed by atoms with Gasteiger partial charge in [0.15, 0.2) is 0 Å². The average molecular weight is 472 g/mol. The molecule has 3 aromatic carbocycles. The Balaban J connectivity index is 0.00000274. The summed E-state index contributed by atoms with van der Waals surface area (Å²) in [7, 11) is 0. The van der Waals surface area contributed by atoms with Crippen molar-refractivity contribution in [2.24, 2.45) is 0 Å². The van der Waals surface area contributed by atoms with Crippen molar-refractivity contribution >= 4 is 29.1 Å². The van der Waals surface area contributed by atoms with Crippen LogP contribution in [0.5, 0.6) is 0 Å². The van der Waals surface area contributed by atoms with Gasteiger partial charge in [0.05, 0.1) is 5.69 Å². The molecule has 34 heavy (non-hydrogen) atoms. The van der Waals surface area contributed by atoms with E-state index in [0.717, 1.165) is 43.5 Å². The van der Waals surface area contributed by atoms with Crippen LogP contribution in [0.2, 0.25) is 0 Å². The highest BCUT2D eigenvalue weighted by Crippen LogP contribution is 2.27. The van der Waals surface area contributed by atoms with E-state index in [4.69, 9.17) is 0 Å². The Kier molecular flexibility index (Phi) is 7.94. The summed E-state index contributed by atoms with van der Waals surface area (Å²) >= 11 is 0. The van der Waals surface area contributed by atoms with E-state index >= 15 is 0 Å². The molecule has 0 bridgehead atoms. The number of carbonyl (C=O) groups is 1. The van der Waals surface area contributed by atoms with E-state index in [0.29, 0.717) is 18.2 Å². The quantitative estimate of drug-likeness (QED) is 0.328. The maximum Gasteiger partial charge on any atom is 0.251 e. The van der Waals surface area contributed by atoms with Crippen LogP contribution in [-0.2, 0) is 13.0 Å². The number of rotatable bonds is 7. The molecule has 2 heterocycles. The minimum atomic E-state index is -0.0150. The van der Waals surface area contributed by atoms with Crippen molar-refractivity contribution in [2.75, 3.05) is 6.54 Å². The van der Waals surface area contributed by atoms with Crippen molar-refractivity contribution in [3.05, 3.63) is 102 Å². The Labute approximate surface area is 207 Å². The molecule has 0 saturated heterocycles. The number of nitrogens with zero attached hydrogens (tertiary/aromatic N) is 1. The molecular weight excluding hydrogens is 442 g/mol. The summed E-state index contributed by atoms with van der Waals surface area (Å²) in [6.07, 6.45) is 6.05. The predicted octanol–water partition coefficient (Wildman–Crippen LogP) is 5.94. The van der Waals surface area contributed by atoms with Crippen LogP contribution in [0.1, 0.15) is 40.7 Å². The molecule has 1 aromatic heterocycles. The van der Waals surface area contributed by atoms with Gasteiger partial charge < -0.3 is 10.6 Å². The summed E-state index contributed by atoms with van der Waals surface area (Å²) < 4.78 is 0. The summed E-state index contributed by atoms with van der Waals surface area (Å²) in [5.74, 6) is -0.0150. The molecule has 0 spiro atoms. The van der Waals surface area contributed by atoms with Gasteiger partial charge in [-0.15, -0.1) is 12.4 Å². The first-order chi connectivity index (χ1) is 16.3. The van der Waals surface area contributed by atoms with E-state index in [1.807, 2.05) is 42.5 Å². The maximum atomic E-state index is 12.5. The standard InChI is InChI=1S/C29H29N3O.ClH/c33-29(23-14-12-22(13-15-23)28-10-4-6-17-30-28)31-18-5-3-8-25-19-27-24(20-32-25)16-11-21-7-1-2-9-26(21)27;/h1-2,4,6-7,9-17,25,32H,3,5,8,18-20H2,(H,31,33);1H. The average Bonchev–Trinajstić information content (AvgIpc) is 2.89. The Bertz CT molecular complexity index is 1240. The third kappa shape index (κ3) is 5.46. The molecule has 0 aliphatic carbocycles. The van der Waals surface area contributed by atoms with E-state index in [1.165, 1.54) is 21.9 Å². The van der Waals surface area contributed by atoms with Crippen LogP contribution in [0.15, 0.2) is 85.1 Å². The van der Waals surface area contributed by atoms with Gasteiger partial charge in [0.25, 0.3) is 5.91 Å². The number of fused-ring (bicyclic) bond motifs is 3. The SMILES string of the molecule is Cl.O=C(NCCCCC1Cc2c(ccc3ccccc23)CN1)c1ccc(-c2ccccn2)cc1. The highest BCUT2D eigenvalue weighted by atomic mass is 35.5. The summed E-state index contributed by atoms with van der Waals surface area (Å²) in [5.41, 5.74) is 5.54. The molecule has 0 saturated carbocycles. The number of benzene rings is 3. The van der Waals surface area contributed by atoms with Crippen molar-refractivity contribution in [3.63, 3.8) is 0 Å². The molecule has 0 fully saturated rings. The fourth-order valence-corrected chi connectivity index (χ4v) is 4.71. The summed E-state index contributed by atoms with van der Waals surface area (Å²) in [6.45, 7) is 1.64. The van der Waals surface area contributed by atoms with Gasteiger partial charge in [-0.05, 0) is 65.4 Å². The summed E-state index contributed by atoms with van der Waals surface area (Å²) in [6, 6.07) is 27.1. The lowest BCUT2D eigenvalue weighted by atomic mass is 9.89. The highest BCUT2D eigenvalue weighted by molar-refractivity contribution is 5.94. The van der Waals surface area contributed by atoms with Gasteiger partial charge in [-0.2, -0.15) is 0 Å². The summed E-state index contributed by atoms with van der Waals surface area (Å²) in [5, 5.41) is 9.47. The fourth-order valence-electron chi connectivity index (χ4n) is 4.71. The predicted molar refractivity (Wildman–Crippen MR) is 141 cm³/mol. The first-order valence-electron chi connectivity index (χ1n) is 11.8. The third-order valence-corrected chi connectivity index (χ3v) is 6.54. The van der Waals surface area contributed by atoms with Crippen molar-refractivity contribution < 1.29 is 4.79 Å². The van der Waals surface area contributed by atoms with Gasteiger partial charge in [-0.3, -0.25) is 9.78 Å². The number of carbonyl (C=O) groups excluding carboxylic acids is 1. The van der Waals surface area contributed by atoms with Crippen LogP contribution < -0.4 is 10.6 Å². The zero-order chi connectivity index (χ0) is 22.5. The normalized spacial score (nSPS) is 14.8.